The number of aryl methyl sites for hydroxylation is 1. The Kier molecular flexibility index (Phi) is 3.97. The van der Waals surface area contributed by atoms with Crippen LogP contribution < -0.4 is 4.72 Å². The van der Waals surface area contributed by atoms with Gasteiger partial charge >= 0.3 is 0 Å². The highest BCUT2D eigenvalue weighted by molar-refractivity contribution is 7.89. The molecule has 0 bridgehead atoms. The summed E-state index contributed by atoms with van der Waals surface area (Å²) in [6.45, 7) is 8.12. The zero-order chi connectivity index (χ0) is 17.5. The van der Waals surface area contributed by atoms with Crippen LogP contribution in [-0.4, -0.2) is 28.4 Å². The summed E-state index contributed by atoms with van der Waals surface area (Å²) < 4.78 is 27.6. The topological polar surface area (TPSA) is 104 Å². The minimum Gasteiger partial charge on any atom is -0.344 e. The van der Waals surface area contributed by atoms with Crippen molar-refractivity contribution in [3.05, 3.63) is 41.7 Å². The summed E-state index contributed by atoms with van der Waals surface area (Å²) in [4.78, 5) is 15.0. The van der Waals surface area contributed by atoms with E-state index in [2.05, 4.69) is 24.7 Å². The maximum atomic E-state index is 12.5. The summed E-state index contributed by atoms with van der Waals surface area (Å²) in [5, 5.41) is 0. The Balaban J connectivity index is 1.78. The van der Waals surface area contributed by atoms with Gasteiger partial charge in [0.2, 0.25) is 10.0 Å². The first kappa shape index (κ1) is 16.7. The molecule has 128 valence electrons. The number of nitrogens with one attached hydrogen (secondary N) is 3. The van der Waals surface area contributed by atoms with Crippen LogP contribution in [0.1, 0.15) is 38.1 Å². The molecule has 2 aromatic heterocycles. The summed E-state index contributed by atoms with van der Waals surface area (Å²) >= 11 is 0. The molecular weight excluding hydrogens is 326 g/mol. The van der Waals surface area contributed by atoms with Crippen LogP contribution >= 0.6 is 0 Å². The number of sulfonamides is 1. The van der Waals surface area contributed by atoms with Gasteiger partial charge in [0.1, 0.15) is 11.6 Å². The molecule has 7 nitrogen and oxygen atoms in total. The molecule has 8 heteroatoms. The van der Waals surface area contributed by atoms with Crippen LogP contribution in [-0.2, 0) is 22.0 Å². The fourth-order valence-electron chi connectivity index (χ4n) is 2.37. The van der Waals surface area contributed by atoms with Crippen molar-refractivity contribution in [3.63, 3.8) is 0 Å². The molecule has 3 aromatic rings. The fourth-order valence-corrected chi connectivity index (χ4v) is 3.40. The maximum absolute atomic E-state index is 12.5. The standard InChI is InChI=1S/C16H21N5O2S/c1-10-19-13-6-5-12(7-14(13)20-10)24(22,23)18-9-11-8-17-15(21-11)16(2,3)4/h5-8,18H,9H2,1-4H3,(H,17,21)(H,19,20). The molecule has 0 aliphatic carbocycles. The van der Waals surface area contributed by atoms with Crippen molar-refractivity contribution < 1.29 is 8.42 Å². The molecule has 0 saturated carbocycles. The number of fused-ring (bicyclic) bond motifs is 1. The molecular formula is C16H21N5O2S. The van der Waals surface area contributed by atoms with Gasteiger partial charge in [-0.3, -0.25) is 0 Å². The number of rotatable bonds is 4. The second kappa shape index (κ2) is 5.71. The highest BCUT2D eigenvalue weighted by atomic mass is 32.2. The largest absolute Gasteiger partial charge is 0.344 e. The van der Waals surface area contributed by atoms with E-state index < -0.39 is 10.0 Å². The lowest BCUT2D eigenvalue weighted by Gasteiger charge is -2.14. The summed E-state index contributed by atoms with van der Waals surface area (Å²) in [5.41, 5.74) is 2.06. The van der Waals surface area contributed by atoms with Gasteiger partial charge in [0.25, 0.3) is 0 Å². The summed E-state index contributed by atoms with van der Waals surface area (Å²) in [5.74, 6) is 1.57. The molecule has 0 aliphatic heterocycles. The molecule has 0 radical (unpaired) electrons. The van der Waals surface area contributed by atoms with Crippen LogP contribution in [0.15, 0.2) is 29.3 Å². The first-order valence-corrected chi connectivity index (χ1v) is 9.14. The molecule has 0 amide bonds. The summed E-state index contributed by atoms with van der Waals surface area (Å²) in [6.07, 6.45) is 1.66. The minimum absolute atomic E-state index is 0.110. The molecule has 3 rings (SSSR count). The zero-order valence-electron chi connectivity index (χ0n) is 14.1. The monoisotopic (exact) mass is 347 g/mol. The number of nitrogens with zero attached hydrogens (tertiary/aromatic N) is 2. The van der Waals surface area contributed by atoms with E-state index in [4.69, 9.17) is 0 Å². The number of aromatic amines is 2. The fraction of sp³-hybridized carbons (Fsp3) is 0.375. The number of aromatic nitrogens is 4. The predicted octanol–water partition coefficient (Wildman–Crippen LogP) is 2.37. The van der Waals surface area contributed by atoms with Crippen molar-refractivity contribution in [3.8, 4) is 0 Å². The van der Waals surface area contributed by atoms with E-state index in [1.54, 1.807) is 24.4 Å². The SMILES string of the molecule is Cc1nc2ccc(S(=O)(=O)NCc3cnc(C(C)(C)C)[nH]3)cc2[nH]1. The van der Waals surface area contributed by atoms with Gasteiger partial charge in [0, 0.05) is 17.3 Å². The summed E-state index contributed by atoms with van der Waals surface area (Å²) in [7, 11) is -3.61. The average Bonchev–Trinajstić information content (AvgIpc) is 3.09. The predicted molar refractivity (Wildman–Crippen MR) is 92.1 cm³/mol. The van der Waals surface area contributed by atoms with Gasteiger partial charge < -0.3 is 9.97 Å². The maximum Gasteiger partial charge on any atom is 0.240 e. The number of hydrogen-bond acceptors (Lipinski definition) is 4. The van der Waals surface area contributed by atoms with E-state index >= 15 is 0 Å². The molecule has 0 aliphatic rings. The second-order valence-corrected chi connectivity index (χ2v) is 8.60. The molecule has 0 atom stereocenters. The highest BCUT2D eigenvalue weighted by Gasteiger charge is 2.19. The third-order valence-electron chi connectivity index (χ3n) is 3.67. The number of imidazole rings is 2. The Morgan fingerprint density at radius 3 is 2.62 bits per heavy atom. The Hall–Kier alpha value is -2.19. The lowest BCUT2D eigenvalue weighted by Crippen LogP contribution is -2.23. The molecule has 3 N–H and O–H groups in total. The zero-order valence-corrected chi connectivity index (χ0v) is 15.0. The van der Waals surface area contributed by atoms with Gasteiger partial charge in [-0.25, -0.2) is 23.1 Å². The van der Waals surface area contributed by atoms with Crippen molar-refractivity contribution in [1.29, 1.82) is 0 Å². The Morgan fingerprint density at radius 2 is 1.96 bits per heavy atom. The third-order valence-corrected chi connectivity index (χ3v) is 5.07. The van der Waals surface area contributed by atoms with Crippen LogP contribution in [0.3, 0.4) is 0 Å². The van der Waals surface area contributed by atoms with E-state index in [-0.39, 0.29) is 16.9 Å². The van der Waals surface area contributed by atoms with Gasteiger partial charge in [-0.15, -0.1) is 0 Å². The average molecular weight is 347 g/mol. The van der Waals surface area contributed by atoms with Crippen LogP contribution in [0.25, 0.3) is 11.0 Å². The van der Waals surface area contributed by atoms with E-state index in [0.29, 0.717) is 5.52 Å². The smallest absolute Gasteiger partial charge is 0.240 e. The molecule has 0 saturated heterocycles. The first-order chi connectivity index (χ1) is 11.1. The van der Waals surface area contributed by atoms with Gasteiger partial charge in [0.15, 0.2) is 0 Å². The van der Waals surface area contributed by atoms with Crippen molar-refractivity contribution in [1.82, 2.24) is 24.7 Å². The Bertz CT molecular complexity index is 979. The molecule has 0 unspecified atom stereocenters. The van der Waals surface area contributed by atoms with Crippen molar-refractivity contribution in [2.24, 2.45) is 0 Å². The van der Waals surface area contributed by atoms with Gasteiger partial charge in [-0.1, -0.05) is 20.8 Å². The van der Waals surface area contributed by atoms with Crippen LogP contribution in [0.4, 0.5) is 0 Å². The Labute approximate surface area is 141 Å². The quantitative estimate of drug-likeness (QED) is 0.674. The number of hydrogen-bond donors (Lipinski definition) is 3. The van der Waals surface area contributed by atoms with E-state index in [1.165, 1.54) is 0 Å². The lowest BCUT2D eigenvalue weighted by atomic mass is 9.96. The van der Waals surface area contributed by atoms with E-state index in [1.807, 2.05) is 27.7 Å². The second-order valence-electron chi connectivity index (χ2n) is 6.83. The minimum atomic E-state index is -3.61. The summed E-state index contributed by atoms with van der Waals surface area (Å²) in [6, 6.07) is 4.84. The van der Waals surface area contributed by atoms with Gasteiger partial charge in [0.05, 0.1) is 22.5 Å². The van der Waals surface area contributed by atoms with Crippen LogP contribution in [0.5, 0.6) is 0 Å². The van der Waals surface area contributed by atoms with Crippen LogP contribution in [0, 0.1) is 6.92 Å². The molecule has 2 heterocycles. The molecule has 0 fully saturated rings. The molecule has 0 spiro atoms. The van der Waals surface area contributed by atoms with Gasteiger partial charge in [-0.2, -0.15) is 0 Å². The number of H-pyrrole nitrogens is 2. The highest BCUT2D eigenvalue weighted by Crippen LogP contribution is 2.19. The first-order valence-electron chi connectivity index (χ1n) is 7.65. The molecule has 24 heavy (non-hydrogen) atoms. The lowest BCUT2D eigenvalue weighted by molar-refractivity contribution is 0.550. The van der Waals surface area contributed by atoms with E-state index in [9.17, 15) is 8.42 Å². The number of benzene rings is 1. The Morgan fingerprint density at radius 1 is 1.21 bits per heavy atom. The third kappa shape index (κ3) is 3.34. The van der Waals surface area contributed by atoms with Crippen molar-refractivity contribution >= 4 is 21.1 Å². The van der Waals surface area contributed by atoms with Crippen molar-refractivity contribution in [2.45, 2.75) is 44.6 Å². The van der Waals surface area contributed by atoms with Crippen molar-refractivity contribution in [2.75, 3.05) is 0 Å². The normalized spacial score (nSPS) is 12.8. The van der Waals surface area contributed by atoms with Gasteiger partial charge in [-0.05, 0) is 25.1 Å². The van der Waals surface area contributed by atoms with E-state index in [0.717, 1.165) is 22.9 Å². The molecule has 1 aromatic carbocycles. The van der Waals surface area contributed by atoms with Crippen LogP contribution in [0.2, 0.25) is 0 Å².